The van der Waals surface area contributed by atoms with Crippen LogP contribution in [0.3, 0.4) is 0 Å². The Labute approximate surface area is 196 Å². The van der Waals surface area contributed by atoms with E-state index in [0.717, 1.165) is 17.9 Å². The molecule has 4 aliphatic heterocycles. The van der Waals surface area contributed by atoms with Crippen molar-refractivity contribution in [2.75, 3.05) is 25.0 Å². The number of rotatable bonds is 4. The zero-order chi connectivity index (χ0) is 21.0. The summed E-state index contributed by atoms with van der Waals surface area (Å²) in [4.78, 5) is 64.9. The number of hydrogen-bond donors (Lipinski definition) is 3. The predicted octanol–water partition coefficient (Wildman–Crippen LogP) is -0.0840. The highest BCUT2D eigenvalue weighted by atomic mass is 35.5. The molecule has 4 aliphatic rings. The smallest absolute Gasteiger partial charge is 0.264 e. The van der Waals surface area contributed by atoms with Crippen molar-refractivity contribution in [3.05, 3.63) is 29.3 Å². The lowest BCUT2D eigenvalue weighted by Crippen LogP contribution is -2.54. The van der Waals surface area contributed by atoms with Crippen molar-refractivity contribution in [2.45, 2.75) is 37.4 Å². The molecule has 4 heterocycles. The maximum absolute atomic E-state index is 13.1. The summed E-state index contributed by atoms with van der Waals surface area (Å²) in [5, 5.41) is 8.53. The number of hydrogen-bond acceptors (Lipinski definition) is 7. The summed E-state index contributed by atoms with van der Waals surface area (Å²) in [7, 11) is 0. The average Bonchev–Trinajstić information content (AvgIpc) is 3.42. The number of nitrogens with zero attached hydrogens (tertiary/aromatic N) is 2. The van der Waals surface area contributed by atoms with Gasteiger partial charge in [0.15, 0.2) is 0 Å². The van der Waals surface area contributed by atoms with Gasteiger partial charge in [0.25, 0.3) is 11.8 Å². The van der Waals surface area contributed by atoms with Gasteiger partial charge in [0, 0.05) is 37.3 Å². The summed E-state index contributed by atoms with van der Waals surface area (Å²) in [5.74, 6) is -2.28. The molecule has 3 fully saturated rings. The Bertz CT molecular complexity index is 1000. The molecule has 32 heavy (non-hydrogen) atoms. The molecule has 5 amide bonds. The molecule has 0 saturated carbocycles. The molecule has 2 bridgehead atoms. The van der Waals surface area contributed by atoms with Crippen LogP contribution >= 0.6 is 24.8 Å². The van der Waals surface area contributed by atoms with Gasteiger partial charge in [-0.2, -0.15) is 0 Å². The molecule has 1 aromatic carbocycles. The van der Waals surface area contributed by atoms with Gasteiger partial charge >= 0.3 is 0 Å². The second kappa shape index (κ2) is 9.05. The number of piperidine rings is 1. The first-order valence-corrected chi connectivity index (χ1v) is 10.1. The van der Waals surface area contributed by atoms with Crippen LogP contribution in [0.1, 0.15) is 40.0 Å². The normalized spacial score (nSPS) is 25.8. The van der Waals surface area contributed by atoms with Crippen molar-refractivity contribution < 1.29 is 24.0 Å². The minimum absolute atomic E-state index is 0. The van der Waals surface area contributed by atoms with Gasteiger partial charge in [0.05, 0.1) is 17.7 Å². The van der Waals surface area contributed by atoms with Gasteiger partial charge in [-0.3, -0.25) is 34.2 Å². The van der Waals surface area contributed by atoms with E-state index in [-0.39, 0.29) is 67.3 Å². The van der Waals surface area contributed by atoms with Crippen molar-refractivity contribution in [3.8, 4) is 0 Å². The van der Waals surface area contributed by atoms with E-state index in [2.05, 4.69) is 16.0 Å². The van der Waals surface area contributed by atoms with Gasteiger partial charge in [-0.1, -0.05) is 6.07 Å². The van der Waals surface area contributed by atoms with Crippen molar-refractivity contribution >= 4 is 60.0 Å². The molecule has 3 atom stereocenters. The van der Waals surface area contributed by atoms with Crippen molar-refractivity contribution in [1.29, 1.82) is 0 Å². The summed E-state index contributed by atoms with van der Waals surface area (Å²) in [5.41, 5.74) is 0.729. The molecule has 172 valence electrons. The van der Waals surface area contributed by atoms with Gasteiger partial charge in [0.2, 0.25) is 17.7 Å². The number of nitrogens with one attached hydrogen (secondary N) is 3. The van der Waals surface area contributed by atoms with E-state index in [1.165, 1.54) is 6.07 Å². The Kier molecular flexibility index (Phi) is 6.77. The van der Waals surface area contributed by atoms with Gasteiger partial charge in [-0.05, 0) is 25.0 Å². The van der Waals surface area contributed by atoms with Crippen LogP contribution in [-0.2, 0) is 14.4 Å². The van der Waals surface area contributed by atoms with E-state index >= 15 is 0 Å². The Morgan fingerprint density at radius 1 is 1.12 bits per heavy atom. The maximum atomic E-state index is 13.1. The number of likely N-dealkylation sites (tertiary alicyclic amines) is 1. The minimum Gasteiger partial charge on any atom is -0.375 e. The summed E-state index contributed by atoms with van der Waals surface area (Å²) < 4.78 is 0. The second-order valence-electron chi connectivity index (χ2n) is 8.07. The third-order valence-corrected chi connectivity index (χ3v) is 6.28. The highest BCUT2D eigenvalue weighted by Crippen LogP contribution is 2.32. The molecule has 3 N–H and O–H groups in total. The number of carbonyl (C=O) groups excluding carboxylic acids is 5. The van der Waals surface area contributed by atoms with Crippen molar-refractivity contribution in [1.82, 2.24) is 20.4 Å². The number of imide groups is 2. The highest BCUT2D eigenvalue weighted by Gasteiger charge is 2.46. The summed E-state index contributed by atoms with van der Waals surface area (Å²) in [6, 6.07) is 4.34. The van der Waals surface area contributed by atoms with Crippen LogP contribution in [-0.4, -0.2) is 77.1 Å². The quantitative estimate of drug-likeness (QED) is 0.510. The van der Waals surface area contributed by atoms with E-state index in [9.17, 15) is 24.0 Å². The molecule has 12 heteroatoms. The van der Waals surface area contributed by atoms with Gasteiger partial charge < -0.3 is 15.5 Å². The highest BCUT2D eigenvalue weighted by molar-refractivity contribution is 6.25. The minimum atomic E-state index is -1.02. The first kappa shape index (κ1) is 24.0. The summed E-state index contributed by atoms with van der Waals surface area (Å²) >= 11 is 0. The lowest BCUT2D eigenvalue weighted by atomic mass is 10.0. The molecular weight excluding hydrogens is 461 g/mol. The third kappa shape index (κ3) is 3.82. The van der Waals surface area contributed by atoms with E-state index in [4.69, 9.17) is 0 Å². The molecule has 1 unspecified atom stereocenters. The number of amides is 5. The Morgan fingerprint density at radius 2 is 1.91 bits per heavy atom. The van der Waals surface area contributed by atoms with Gasteiger partial charge in [-0.25, -0.2) is 0 Å². The molecule has 10 nitrogen and oxygen atoms in total. The van der Waals surface area contributed by atoms with Crippen LogP contribution in [0, 0.1) is 0 Å². The summed E-state index contributed by atoms with van der Waals surface area (Å²) in [6.07, 6.45) is 1.12. The third-order valence-electron chi connectivity index (χ3n) is 6.28. The van der Waals surface area contributed by atoms with Crippen molar-refractivity contribution in [3.63, 3.8) is 0 Å². The molecule has 0 spiro atoms. The van der Waals surface area contributed by atoms with Crippen LogP contribution in [0.4, 0.5) is 5.69 Å². The fraction of sp³-hybridized carbons (Fsp3) is 0.450. The fourth-order valence-electron chi connectivity index (χ4n) is 4.80. The molecule has 0 radical (unpaired) electrons. The number of carbonyl (C=O) groups is 5. The number of halogens is 2. The molecule has 5 rings (SSSR count). The zero-order valence-electron chi connectivity index (χ0n) is 17.0. The van der Waals surface area contributed by atoms with Crippen LogP contribution in [0.2, 0.25) is 0 Å². The van der Waals surface area contributed by atoms with Gasteiger partial charge in [-0.15, -0.1) is 24.8 Å². The van der Waals surface area contributed by atoms with E-state index < -0.39 is 29.7 Å². The molecule has 0 aliphatic carbocycles. The number of anilines is 1. The van der Waals surface area contributed by atoms with Gasteiger partial charge in [0.1, 0.15) is 6.04 Å². The predicted molar refractivity (Wildman–Crippen MR) is 118 cm³/mol. The van der Waals surface area contributed by atoms with E-state index in [1.54, 1.807) is 12.1 Å². The Balaban J connectivity index is 0.00000144. The van der Waals surface area contributed by atoms with Crippen LogP contribution in [0.15, 0.2) is 18.2 Å². The number of benzene rings is 1. The average molecular weight is 484 g/mol. The largest absolute Gasteiger partial charge is 0.375 e. The second-order valence-corrected chi connectivity index (χ2v) is 8.07. The first-order chi connectivity index (χ1) is 14.4. The summed E-state index contributed by atoms with van der Waals surface area (Å²) in [6.45, 7) is 1.49. The molecular formula is C20H23Cl2N5O5. The zero-order valence-corrected chi connectivity index (χ0v) is 18.6. The van der Waals surface area contributed by atoms with Crippen molar-refractivity contribution in [2.24, 2.45) is 0 Å². The fourth-order valence-corrected chi connectivity index (χ4v) is 4.80. The van der Waals surface area contributed by atoms with E-state index in [0.29, 0.717) is 18.3 Å². The lowest BCUT2D eigenvalue weighted by Gasteiger charge is -2.28. The van der Waals surface area contributed by atoms with Crippen LogP contribution in [0.25, 0.3) is 0 Å². The monoisotopic (exact) mass is 483 g/mol. The Morgan fingerprint density at radius 3 is 2.56 bits per heavy atom. The Hall–Kier alpha value is -2.69. The number of fused-ring (bicyclic) bond motifs is 3. The SMILES string of the molecule is Cl.Cl.O=C1CCC(N2C(=O)c3cccc(NCC(=O)N4C[C@@H]5C[C@H]4CN5)c3C2=O)C(=O)N1. The maximum Gasteiger partial charge on any atom is 0.264 e. The van der Waals surface area contributed by atoms with E-state index in [1.807, 2.05) is 4.90 Å². The molecule has 1 aromatic rings. The topological polar surface area (TPSA) is 128 Å². The molecule has 0 aromatic heterocycles. The lowest BCUT2D eigenvalue weighted by molar-refractivity contribution is -0.136. The van der Waals surface area contributed by atoms with Crippen LogP contribution < -0.4 is 16.0 Å². The standard InChI is InChI=1S/C20H21N5O5.2ClH/c26-15-5-4-14(18(28)23-15)25-19(29)12-2-1-3-13(17(12)20(25)30)22-8-16(27)24-9-10-6-11(24)7-21-10;;/h1-3,10-11,14,21-22H,4-9H2,(H,23,26,28);2*1H/t10-,11-,14?;;/m0../s1. The van der Waals surface area contributed by atoms with Crippen LogP contribution in [0.5, 0.6) is 0 Å². The molecule has 3 saturated heterocycles. The first-order valence-electron chi connectivity index (χ1n) is 10.1. The number of piperazine rings is 1.